The normalized spacial score (nSPS) is 21.3. The first-order valence-electron chi connectivity index (χ1n) is 6.01. The summed E-state index contributed by atoms with van der Waals surface area (Å²) in [5.41, 5.74) is 2.68. The zero-order valence-electron chi connectivity index (χ0n) is 10.4. The van der Waals surface area contributed by atoms with E-state index in [1.165, 1.54) is 5.56 Å². The number of rotatable bonds is 0. The van der Waals surface area contributed by atoms with E-state index in [-0.39, 0.29) is 5.41 Å². The van der Waals surface area contributed by atoms with Crippen LogP contribution in [0.2, 0.25) is 0 Å². The summed E-state index contributed by atoms with van der Waals surface area (Å²) in [4.78, 5) is 0. The van der Waals surface area contributed by atoms with Crippen molar-refractivity contribution in [1.29, 1.82) is 0 Å². The van der Waals surface area contributed by atoms with E-state index in [1.807, 2.05) is 6.07 Å². The molecule has 2 heteroatoms. The smallest absolute Gasteiger partial charge is 0.119 e. The van der Waals surface area contributed by atoms with Crippen molar-refractivity contribution in [3.05, 3.63) is 29.3 Å². The minimum atomic E-state index is 0.257. The molecule has 1 aromatic carbocycles. The lowest BCUT2D eigenvalue weighted by molar-refractivity contribution is 0.272. The number of phenols is 1. The van der Waals surface area contributed by atoms with Crippen LogP contribution in [-0.4, -0.2) is 17.7 Å². The number of nitrogens with one attached hydrogen (secondary N) is 1. The lowest BCUT2D eigenvalue weighted by atomic mass is 9.83. The molecule has 16 heavy (non-hydrogen) atoms. The molecule has 0 radical (unpaired) electrons. The van der Waals surface area contributed by atoms with Crippen molar-refractivity contribution in [1.82, 2.24) is 5.32 Å². The van der Waals surface area contributed by atoms with Crippen LogP contribution in [0.25, 0.3) is 0 Å². The lowest BCUT2D eigenvalue weighted by Crippen LogP contribution is -2.41. The molecule has 0 amide bonds. The van der Waals surface area contributed by atoms with Crippen LogP contribution in [0.5, 0.6) is 5.75 Å². The van der Waals surface area contributed by atoms with Gasteiger partial charge in [-0.2, -0.15) is 0 Å². The maximum atomic E-state index is 9.84. The highest BCUT2D eigenvalue weighted by atomic mass is 16.3. The van der Waals surface area contributed by atoms with Crippen molar-refractivity contribution in [2.45, 2.75) is 39.7 Å². The molecule has 0 fully saturated rings. The summed E-state index contributed by atoms with van der Waals surface area (Å²) < 4.78 is 0. The van der Waals surface area contributed by atoms with E-state index in [4.69, 9.17) is 0 Å². The summed E-state index contributed by atoms with van der Waals surface area (Å²) in [5, 5.41) is 13.4. The molecule has 1 atom stereocenters. The third-order valence-corrected chi connectivity index (χ3v) is 3.48. The molecule has 1 aromatic rings. The Balaban J connectivity index is 2.32. The average Bonchev–Trinajstić information content (AvgIpc) is 2.39. The third-order valence-electron chi connectivity index (χ3n) is 3.48. The number of aromatic hydroxyl groups is 1. The van der Waals surface area contributed by atoms with E-state index >= 15 is 0 Å². The van der Waals surface area contributed by atoms with Gasteiger partial charge in [0.25, 0.3) is 0 Å². The quantitative estimate of drug-likeness (QED) is 0.702. The Kier molecular flexibility index (Phi) is 2.94. The first kappa shape index (κ1) is 11.5. The van der Waals surface area contributed by atoms with Gasteiger partial charge in [0.2, 0.25) is 0 Å². The second-order valence-electron chi connectivity index (χ2n) is 5.74. The highest BCUT2D eigenvalue weighted by molar-refractivity contribution is 5.40. The Morgan fingerprint density at radius 2 is 2.06 bits per heavy atom. The molecule has 1 aliphatic rings. The molecule has 1 unspecified atom stereocenters. The van der Waals surface area contributed by atoms with Crippen molar-refractivity contribution in [3.63, 3.8) is 0 Å². The Morgan fingerprint density at radius 1 is 1.31 bits per heavy atom. The van der Waals surface area contributed by atoms with Gasteiger partial charge in [-0.3, -0.25) is 0 Å². The summed E-state index contributed by atoms with van der Waals surface area (Å²) in [6.07, 6.45) is 1.93. The number of fused-ring (bicyclic) bond motifs is 1. The molecule has 1 aliphatic heterocycles. The van der Waals surface area contributed by atoms with E-state index in [9.17, 15) is 5.11 Å². The molecule has 88 valence electrons. The van der Waals surface area contributed by atoms with Crippen LogP contribution in [0.1, 0.15) is 31.9 Å². The van der Waals surface area contributed by atoms with Crippen molar-refractivity contribution in [2.75, 3.05) is 6.54 Å². The van der Waals surface area contributed by atoms with E-state index in [0.717, 1.165) is 24.9 Å². The zero-order chi connectivity index (χ0) is 11.8. The van der Waals surface area contributed by atoms with E-state index < -0.39 is 0 Å². The average molecular weight is 219 g/mol. The molecule has 0 aromatic heterocycles. The lowest BCUT2D eigenvalue weighted by Gasteiger charge is -2.30. The van der Waals surface area contributed by atoms with Crippen molar-refractivity contribution < 1.29 is 5.11 Å². The van der Waals surface area contributed by atoms with Crippen molar-refractivity contribution in [3.8, 4) is 5.75 Å². The van der Waals surface area contributed by atoms with E-state index in [2.05, 4.69) is 32.2 Å². The highest BCUT2D eigenvalue weighted by Gasteiger charge is 2.27. The summed E-state index contributed by atoms with van der Waals surface area (Å²) in [6, 6.07) is 6.35. The molecule has 0 aliphatic carbocycles. The van der Waals surface area contributed by atoms with Crippen LogP contribution in [0.4, 0.5) is 0 Å². The van der Waals surface area contributed by atoms with Gasteiger partial charge < -0.3 is 10.4 Å². The minimum absolute atomic E-state index is 0.257. The minimum Gasteiger partial charge on any atom is -0.508 e. The largest absolute Gasteiger partial charge is 0.508 e. The Hall–Kier alpha value is -1.02. The number of hydrogen-bond acceptors (Lipinski definition) is 2. The fourth-order valence-electron chi connectivity index (χ4n) is 2.38. The third kappa shape index (κ3) is 2.22. The van der Waals surface area contributed by atoms with Crippen LogP contribution in [0.3, 0.4) is 0 Å². The fourth-order valence-corrected chi connectivity index (χ4v) is 2.38. The van der Waals surface area contributed by atoms with Gasteiger partial charge in [-0.1, -0.05) is 32.9 Å². The predicted molar refractivity (Wildman–Crippen MR) is 66.8 cm³/mol. The summed E-state index contributed by atoms with van der Waals surface area (Å²) in [5.74, 6) is 0.453. The first-order chi connectivity index (χ1) is 7.48. The predicted octanol–water partition coefficient (Wildman–Crippen LogP) is 2.50. The SMILES string of the molecule is CC(C)(C)C1Cc2cccc(O)c2CCN1. The standard InChI is InChI=1S/C14H21NO/c1-14(2,3)13-9-10-5-4-6-12(16)11(10)7-8-15-13/h4-6,13,15-16H,7-9H2,1-3H3. The monoisotopic (exact) mass is 219 g/mol. The Labute approximate surface area is 97.7 Å². The first-order valence-corrected chi connectivity index (χ1v) is 6.01. The molecule has 2 rings (SSSR count). The molecular weight excluding hydrogens is 198 g/mol. The summed E-state index contributed by atoms with van der Waals surface area (Å²) >= 11 is 0. The molecule has 1 heterocycles. The van der Waals surface area contributed by atoms with Crippen LogP contribution < -0.4 is 5.32 Å². The van der Waals surface area contributed by atoms with Gasteiger partial charge >= 0.3 is 0 Å². The van der Waals surface area contributed by atoms with Gasteiger partial charge in [-0.05, 0) is 42.0 Å². The van der Waals surface area contributed by atoms with Crippen LogP contribution >= 0.6 is 0 Å². The molecular formula is C14H21NO. The van der Waals surface area contributed by atoms with Crippen molar-refractivity contribution in [2.24, 2.45) is 5.41 Å². The topological polar surface area (TPSA) is 32.3 Å². The van der Waals surface area contributed by atoms with Crippen LogP contribution in [0.15, 0.2) is 18.2 Å². The maximum absolute atomic E-state index is 9.84. The second kappa shape index (κ2) is 4.10. The molecule has 0 saturated carbocycles. The van der Waals surface area contributed by atoms with E-state index in [1.54, 1.807) is 6.07 Å². The second-order valence-corrected chi connectivity index (χ2v) is 5.74. The number of hydrogen-bond donors (Lipinski definition) is 2. The molecule has 0 saturated heterocycles. The number of benzene rings is 1. The van der Waals surface area contributed by atoms with Gasteiger partial charge in [-0.25, -0.2) is 0 Å². The highest BCUT2D eigenvalue weighted by Crippen LogP contribution is 2.29. The van der Waals surface area contributed by atoms with Gasteiger partial charge in [0.1, 0.15) is 5.75 Å². The number of phenolic OH excluding ortho intramolecular Hbond substituents is 1. The maximum Gasteiger partial charge on any atom is 0.119 e. The van der Waals surface area contributed by atoms with Gasteiger partial charge in [0.15, 0.2) is 0 Å². The van der Waals surface area contributed by atoms with Crippen LogP contribution in [0, 0.1) is 5.41 Å². The zero-order valence-corrected chi connectivity index (χ0v) is 10.4. The van der Waals surface area contributed by atoms with E-state index in [0.29, 0.717) is 11.8 Å². The van der Waals surface area contributed by atoms with Gasteiger partial charge in [-0.15, -0.1) is 0 Å². The van der Waals surface area contributed by atoms with Gasteiger partial charge in [0.05, 0.1) is 0 Å². The Bertz CT molecular complexity index is 379. The molecule has 2 nitrogen and oxygen atoms in total. The summed E-state index contributed by atoms with van der Waals surface area (Å²) in [6.45, 7) is 7.74. The van der Waals surface area contributed by atoms with Crippen molar-refractivity contribution >= 4 is 0 Å². The summed E-state index contributed by atoms with van der Waals surface area (Å²) in [7, 11) is 0. The van der Waals surface area contributed by atoms with Crippen LogP contribution in [-0.2, 0) is 12.8 Å². The molecule has 0 spiro atoms. The molecule has 0 bridgehead atoms. The molecule has 2 N–H and O–H groups in total. The fraction of sp³-hybridized carbons (Fsp3) is 0.571. The van der Waals surface area contributed by atoms with Gasteiger partial charge in [0, 0.05) is 6.04 Å². The Morgan fingerprint density at radius 3 is 2.75 bits per heavy atom.